The Labute approximate surface area is 85.8 Å². The van der Waals surface area contributed by atoms with E-state index in [0.717, 1.165) is 5.56 Å². The van der Waals surface area contributed by atoms with Crippen LogP contribution in [0.3, 0.4) is 0 Å². The molecule has 2 nitrogen and oxygen atoms in total. The molecule has 0 saturated carbocycles. The number of aliphatic hydroxyl groups excluding tert-OH is 1. The molecule has 0 heterocycles. The van der Waals surface area contributed by atoms with Gasteiger partial charge in [-0.3, -0.25) is 0 Å². The molecule has 0 saturated heterocycles. The summed E-state index contributed by atoms with van der Waals surface area (Å²) in [6.45, 7) is 6.09. The lowest BCUT2D eigenvalue weighted by molar-refractivity contribution is 0.132. The fraction of sp³-hybridized carbons (Fsp3) is 0.500. The molecule has 14 heavy (non-hydrogen) atoms. The van der Waals surface area contributed by atoms with E-state index in [-0.39, 0.29) is 18.1 Å². The fourth-order valence-electron chi connectivity index (χ4n) is 1.41. The van der Waals surface area contributed by atoms with E-state index in [9.17, 15) is 5.11 Å². The van der Waals surface area contributed by atoms with Gasteiger partial charge in [0.25, 0.3) is 0 Å². The number of rotatable bonds is 3. The summed E-state index contributed by atoms with van der Waals surface area (Å²) < 4.78 is 0. The van der Waals surface area contributed by atoms with Crippen LogP contribution in [0.15, 0.2) is 24.3 Å². The Morgan fingerprint density at radius 1 is 1.43 bits per heavy atom. The summed E-state index contributed by atoms with van der Waals surface area (Å²) in [5, 5.41) is 9.22. The summed E-state index contributed by atoms with van der Waals surface area (Å²) in [6, 6.07) is 8.00. The molecule has 0 aromatic heterocycles. The highest BCUT2D eigenvalue weighted by atomic mass is 16.3. The lowest BCUT2D eigenvalue weighted by Crippen LogP contribution is -2.32. The number of hydrogen-bond donors (Lipinski definition) is 2. The number of aliphatic hydroxyl groups is 1. The zero-order valence-electron chi connectivity index (χ0n) is 9.12. The molecule has 0 fully saturated rings. The largest absolute Gasteiger partial charge is 0.396 e. The first-order valence-corrected chi connectivity index (χ1v) is 4.90. The van der Waals surface area contributed by atoms with Gasteiger partial charge in [-0.2, -0.15) is 0 Å². The van der Waals surface area contributed by atoms with Gasteiger partial charge in [-0.15, -0.1) is 0 Å². The summed E-state index contributed by atoms with van der Waals surface area (Å²) in [5.41, 5.74) is 8.11. The summed E-state index contributed by atoms with van der Waals surface area (Å²) in [6.07, 6.45) is 0. The highest BCUT2D eigenvalue weighted by Crippen LogP contribution is 2.30. The first-order valence-electron chi connectivity index (χ1n) is 4.90. The summed E-state index contributed by atoms with van der Waals surface area (Å²) >= 11 is 0. The van der Waals surface area contributed by atoms with Crippen molar-refractivity contribution in [3.8, 4) is 0 Å². The van der Waals surface area contributed by atoms with Gasteiger partial charge in [-0.25, -0.2) is 0 Å². The number of aryl methyl sites for hydroxylation is 1. The molecule has 2 heteroatoms. The zero-order chi connectivity index (χ0) is 10.8. The van der Waals surface area contributed by atoms with Crippen LogP contribution in [0.25, 0.3) is 0 Å². The number of hydrogen-bond acceptors (Lipinski definition) is 2. The van der Waals surface area contributed by atoms with Crippen LogP contribution in [0, 0.1) is 12.3 Å². The second kappa shape index (κ2) is 4.11. The molecule has 0 spiro atoms. The van der Waals surface area contributed by atoms with Crippen molar-refractivity contribution in [1.29, 1.82) is 0 Å². The summed E-state index contributed by atoms with van der Waals surface area (Å²) in [4.78, 5) is 0. The van der Waals surface area contributed by atoms with Gasteiger partial charge >= 0.3 is 0 Å². The van der Waals surface area contributed by atoms with Gasteiger partial charge in [0.1, 0.15) is 0 Å². The van der Waals surface area contributed by atoms with E-state index in [1.165, 1.54) is 5.56 Å². The molecule has 1 aromatic rings. The maximum absolute atomic E-state index is 9.22. The quantitative estimate of drug-likeness (QED) is 0.771. The molecule has 0 aliphatic rings. The molecule has 0 aliphatic carbocycles. The van der Waals surface area contributed by atoms with Crippen LogP contribution in [-0.4, -0.2) is 11.7 Å². The average molecular weight is 193 g/mol. The topological polar surface area (TPSA) is 46.2 Å². The third-order valence-corrected chi connectivity index (χ3v) is 2.65. The molecule has 0 radical (unpaired) electrons. The molecular formula is C12H19NO. The van der Waals surface area contributed by atoms with Crippen LogP contribution >= 0.6 is 0 Å². The first-order chi connectivity index (χ1) is 6.47. The fourth-order valence-corrected chi connectivity index (χ4v) is 1.41. The monoisotopic (exact) mass is 193 g/mol. The normalized spacial score (nSPS) is 14.1. The summed E-state index contributed by atoms with van der Waals surface area (Å²) in [7, 11) is 0. The summed E-state index contributed by atoms with van der Waals surface area (Å²) in [5.74, 6) is 0. The van der Waals surface area contributed by atoms with Gasteiger partial charge in [0.05, 0.1) is 0 Å². The molecule has 0 unspecified atom stereocenters. The van der Waals surface area contributed by atoms with Gasteiger partial charge < -0.3 is 10.8 Å². The second-order valence-electron chi connectivity index (χ2n) is 4.54. The smallest absolute Gasteiger partial charge is 0.0500 e. The highest BCUT2D eigenvalue weighted by Gasteiger charge is 2.26. The van der Waals surface area contributed by atoms with Crippen molar-refractivity contribution in [1.82, 2.24) is 0 Å². The van der Waals surface area contributed by atoms with E-state index in [4.69, 9.17) is 5.73 Å². The van der Waals surface area contributed by atoms with Gasteiger partial charge in [0, 0.05) is 18.1 Å². The molecule has 1 aromatic carbocycles. The maximum Gasteiger partial charge on any atom is 0.0500 e. The minimum Gasteiger partial charge on any atom is -0.396 e. The van der Waals surface area contributed by atoms with Gasteiger partial charge in [0.2, 0.25) is 0 Å². The van der Waals surface area contributed by atoms with E-state index in [1.807, 2.05) is 39.0 Å². The number of nitrogens with two attached hydrogens (primary N) is 1. The van der Waals surface area contributed by atoms with E-state index < -0.39 is 0 Å². The Morgan fingerprint density at radius 2 is 2.07 bits per heavy atom. The highest BCUT2D eigenvalue weighted by molar-refractivity contribution is 5.26. The molecule has 0 aliphatic heterocycles. The van der Waals surface area contributed by atoms with Crippen molar-refractivity contribution in [2.45, 2.75) is 26.8 Å². The van der Waals surface area contributed by atoms with Crippen molar-refractivity contribution >= 4 is 0 Å². The lowest BCUT2D eigenvalue weighted by Gasteiger charge is -2.29. The zero-order valence-corrected chi connectivity index (χ0v) is 9.12. The Kier molecular flexibility index (Phi) is 3.29. The Bertz CT molecular complexity index is 307. The molecule has 1 atom stereocenters. The van der Waals surface area contributed by atoms with Crippen LogP contribution < -0.4 is 5.73 Å². The molecule has 78 valence electrons. The van der Waals surface area contributed by atoms with Crippen molar-refractivity contribution in [3.05, 3.63) is 35.4 Å². The molecule has 0 bridgehead atoms. The minimum absolute atomic E-state index is 0.0993. The van der Waals surface area contributed by atoms with E-state index in [2.05, 4.69) is 6.07 Å². The predicted octanol–water partition coefficient (Wildman–Crippen LogP) is 2.01. The Balaban J connectivity index is 2.94. The van der Waals surface area contributed by atoms with Crippen LogP contribution in [-0.2, 0) is 0 Å². The van der Waals surface area contributed by atoms with E-state index in [0.29, 0.717) is 0 Å². The van der Waals surface area contributed by atoms with E-state index >= 15 is 0 Å². The van der Waals surface area contributed by atoms with Crippen LogP contribution in [0.5, 0.6) is 0 Å². The van der Waals surface area contributed by atoms with Crippen molar-refractivity contribution in [2.75, 3.05) is 6.61 Å². The molecule has 0 amide bonds. The SMILES string of the molecule is Cc1cccc([C@@H](N)C(C)(C)CO)c1. The van der Waals surface area contributed by atoms with Crippen molar-refractivity contribution < 1.29 is 5.11 Å². The maximum atomic E-state index is 9.22. The van der Waals surface area contributed by atoms with Crippen LogP contribution in [0.1, 0.15) is 31.0 Å². The Morgan fingerprint density at radius 3 is 2.57 bits per heavy atom. The third kappa shape index (κ3) is 2.34. The predicted molar refractivity (Wildman–Crippen MR) is 59.0 cm³/mol. The second-order valence-corrected chi connectivity index (χ2v) is 4.54. The van der Waals surface area contributed by atoms with Crippen LogP contribution in [0.2, 0.25) is 0 Å². The van der Waals surface area contributed by atoms with Gasteiger partial charge in [-0.1, -0.05) is 43.7 Å². The van der Waals surface area contributed by atoms with Crippen molar-refractivity contribution in [3.63, 3.8) is 0 Å². The van der Waals surface area contributed by atoms with Gasteiger partial charge in [-0.05, 0) is 12.5 Å². The minimum atomic E-state index is -0.270. The average Bonchev–Trinajstić information content (AvgIpc) is 2.16. The lowest BCUT2D eigenvalue weighted by atomic mass is 9.81. The van der Waals surface area contributed by atoms with Crippen LogP contribution in [0.4, 0.5) is 0 Å². The van der Waals surface area contributed by atoms with Gasteiger partial charge in [0.15, 0.2) is 0 Å². The van der Waals surface area contributed by atoms with E-state index in [1.54, 1.807) is 0 Å². The molecule has 1 rings (SSSR count). The molecular weight excluding hydrogens is 174 g/mol. The molecule has 3 N–H and O–H groups in total. The third-order valence-electron chi connectivity index (χ3n) is 2.65. The Hall–Kier alpha value is -0.860. The van der Waals surface area contributed by atoms with Crippen molar-refractivity contribution in [2.24, 2.45) is 11.1 Å². The standard InChI is InChI=1S/C12H19NO/c1-9-5-4-6-10(7-9)11(13)12(2,3)8-14/h4-7,11,14H,8,13H2,1-3H3/t11-/m1/s1. The number of benzene rings is 1. The first kappa shape index (κ1) is 11.2.